The van der Waals surface area contributed by atoms with Crippen LogP contribution < -0.4 is 16.2 Å². The van der Waals surface area contributed by atoms with Crippen molar-refractivity contribution in [3.63, 3.8) is 0 Å². The molecular formula is C13H19N3O3S. The zero-order chi connectivity index (χ0) is 14.8. The molecule has 1 aromatic carbocycles. The Morgan fingerprint density at radius 3 is 2.40 bits per heavy atom. The molecule has 1 saturated carbocycles. The highest BCUT2D eigenvalue weighted by Crippen LogP contribution is 2.25. The van der Waals surface area contributed by atoms with Gasteiger partial charge in [0.15, 0.2) is 0 Å². The van der Waals surface area contributed by atoms with Crippen molar-refractivity contribution in [2.24, 2.45) is 10.9 Å². The van der Waals surface area contributed by atoms with Gasteiger partial charge in [0.1, 0.15) is 0 Å². The summed E-state index contributed by atoms with van der Waals surface area (Å²) in [7, 11) is -3.84. The van der Waals surface area contributed by atoms with E-state index in [1.807, 2.05) is 0 Å². The van der Waals surface area contributed by atoms with Crippen LogP contribution in [0.25, 0.3) is 0 Å². The lowest BCUT2D eigenvalue weighted by Gasteiger charge is -2.24. The van der Waals surface area contributed by atoms with Gasteiger partial charge in [0.25, 0.3) is 5.91 Å². The second-order valence-corrected chi connectivity index (χ2v) is 6.66. The Balaban J connectivity index is 2.30. The first-order chi connectivity index (χ1) is 9.38. The van der Waals surface area contributed by atoms with Crippen molar-refractivity contribution in [2.45, 2.75) is 43.0 Å². The number of hydrogen-bond donors (Lipinski definition) is 3. The summed E-state index contributed by atoms with van der Waals surface area (Å²) >= 11 is 0. The van der Waals surface area contributed by atoms with E-state index in [0.29, 0.717) is 11.7 Å². The number of nitrogens with two attached hydrogens (primary N) is 2. The van der Waals surface area contributed by atoms with E-state index in [9.17, 15) is 13.2 Å². The number of carbonyl (C=O) groups excluding carboxylic acids is 1. The molecule has 0 aliphatic heterocycles. The molecule has 1 aliphatic rings. The van der Waals surface area contributed by atoms with Crippen molar-refractivity contribution in [2.75, 3.05) is 5.32 Å². The molecule has 2 rings (SSSR count). The molecular weight excluding hydrogens is 278 g/mol. The zero-order valence-corrected chi connectivity index (χ0v) is 11.9. The van der Waals surface area contributed by atoms with Crippen LogP contribution in [0.5, 0.6) is 0 Å². The van der Waals surface area contributed by atoms with Gasteiger partial charge in [-0.2, -0.15) is 0 Å². The van der Waals surface area contributed by atoms with Gasteiger partial charge in [-0.3, -0.25) is 4.79 Å². The number of primary amides is 1. The molecule has 1 fully saturated rings. The molecule has 20 heavy (non-hydrogen) atoms. The third-order valence-corrected chi connectivity index (χ3v) is 4.46. The van der Waals surface area contributed by atoms with Crippen LogP contribution in [-0.2, 0) is 10.0 Å². The third-order valence-electron chi connectivity index (χ3n) is 3.55. The SMILES string of the molecule is NC(=O)c1cc(S(N)(=O)=O)ccc1NC1CCCCC1. The fourth-order valence-corrected chi connectivity index (χ4v) is 3.04. The van der Waals surface area contributed by atoms with Gasteiger partial charge in [0.2, 0.25) is 10.0 Å². The maximum absolute atomic E-state index is 11.5. The minimum absolute atomic E-state index is 0.111. The average Bonchev–Trinajstić information content (AvgIpc) is 2.38. The summed E-state index contributed by atoms with van der Waals surface area (Å²) < 4.78 is 22.6. The third kappa shape index (κ3) is 3.49. The quantitative estimate of drug-likeness (QED) is 0.773. The molecule has 0 heterocycles. The van der Waals surface area contributed by atoms with E-state index in [0.717, 1.165) is 25.7 Å². The van der Waals surface area contributed by atoms with E-state index >= 15 is 0 Å². The summed E-state index contributed by atoms with van der Waals surface area (Å²) in [5.41, 5.74) is 6.04. The average molecular weight is 297 g/mol. The molecule has 0 radical (unpaired) electrons. The molecule has 0 spiro atoms. The Bertz CT molecular complexity index is 607. The van der Waals surface area contributed by atoms with Crippen molar-refractivity contribution in [3.8, 4) is 0 Å². The minimum atomic E-state index is -3.84. The molecule has 7 heteroatoms. The highest BCUT2D eigenvalue weighted by Gasteiger charge is 2.18. The van der Waals surface area contributed by atoms with Gasteiger partial charge in [0, 0.05) is 11.7 Å². The molecule has 1 amide bonds. The molecule has 6 nitrogen and oxygen atoms in total. The maximum Gasteiger partial charge on any atom is 0.250 e. The van der Waals surface area contributed by atoms with Gasteiger partial charge in [-0.05, 0) is 31.0 Å². The Morgan fingerprint density at radius 1 is 1.20 bits per heavy atom. The first-order valence-corrected chi connectivity index (χ1v) is 8.16. The highest BCUT2D eigenvalue weighted by molar-refractivity contribution is 7.89. The zero-order valence-electron chi connectivity index (χ0n) is 11.1. The number of amides is 1. The Hall–Kier alpha value is -1.60. The highest BCUT2D eigenvalue weighted by atomic mass is 32.2. The second-order valence-electron chi connectivity index (χ2n) is 5.10. The van der Waals surface area contributed by atoms with E-state index in [1.54, 1.807) is 6.07 Å². The number of nitrogens with one attached hydrogen (secondary N) is 1. The molecule has 0 unspecified atom stereocenters. The van der Waals surface area contributed by atoms with Gasteiger partial charge in [0.05, 0.1) is 10.5 Å². The van der Waals surface area contributed by atoms with E-state index in [-0.39, 0.29) is 10.5 Å². The minimum Gasteiger partial charge on any atom is -0.382 e. The van der Waals surface area contributed by atoms with Crippen LogP contribution in [0.15, 0.2) is 23.1 Å². The van der Waals surface area contributed by atoms with Crippen LogP contribution in [0.2, 0.25) is 0 Å². The summed E-state index contributed by atoms with van der Waals surface area (Å²) in [5.74, 6) is -0.672. The molecule has 110 valence electrons. The summed E-state index contributed by atoms with van der Waals surface area (Å²) in [6.07, 6.45) is 5.60. The Kier molecular flexibility index (Phi) is 4.29. The lowest BCUT2D eigenvalue weighted by atomic mass is 9.95. The smallest absolute Gasteiger partial charge is 0.250 e. The fraction of sp³-hybridized carbons (Fsp3) is 0.462. The largest absolute Gasteiger partial charge is 0.382 e. The Morgan fingerprint density at radius 2 is 1.85 bits per heavy atom. The van der Waals surface area contributed by atoms with Crippen LogP contribution in [0, 0.1) is 0 Å². The standard InChI is InChI=1S/C13H19N3O3S/c14-13(17)11-8-10(20(15,18)19)6-7-12(11)16-9-4-2-1-3-5-9/h6-9,16H,1-5H2,(H2,14,17)(H2,15,18,19). The van der Waals surface area contributed by atoms with Crippen molar-refractivity contribution in [3.05, 3.63) is 23.8 Å². The monoisotopic (exact) mass is 297 g/mol. The van der Waals surface area contributed by atoms with Gasteiger partial charge < -0.3 is 11.1 Å². The number of hydrogen-bond acceptors (Lipinski definition) is 4. The number of anilines is 1. The maximum atomic E-state index is 11.5. The summed E-state index contributed by atoms with van der Waals surface area (Å²) in [6.45, 7) is 0. The fourth-order valence-electron chi connectivity index (χ4n) is 2.50. The molecule has 0 saturated heterocycles. The van der Waals surface area contributed by atoms with Gasteiger partial charge >= 0.3 is 0 Å². The van der Waals surface area contributed by atoms with E-state index < -0.39 is 15.9 Å². The Labute approximate surface area is 118 Å². The molecule has 0 atom stereocenters. The number of rotatable bonds is 4. The summed E-state index contributed by atoms with van der Waals surface area (Å²) in [4.78, 5) is 11.4. The van der Waals surface area contributed by atoms with Crippen molar-refractivity contribution < 1.29 is 13.2 Å². The van der Waals surface area contributed by atoms with Crippen LogP contribution in [0.1, 0.15) is 42.5 Å². The van der Waals surface area contributed by atoms with Crippen LogP contribution >= 0.6 is 0 Å². The van der Waals surface area contributed by atoms with E-state index in [2.05, 4.69) is 5.32 Å². The number of primary sulfonamides is 1. The van der Waals surface area contributed by atoms with Gasteiger partial charge in [-0.25, -0.2) is 13.6 Å². The lowest BCUT2D eigenvalue weighted by Crippen LogP contribution is -2.25. The van der Waals surface area contributed by atoms with Crippen LogP contribution in [-0.4, -0.2) is 20.4 Å². The molecule has 0 bridgehead atoms. The molecule has 1 aliphatic carbocycles. The van der Waals surface area contributed by atoms with Gasteiger partial charge in [-0.1, -0.05) is 19.3 Å². The van der Waals surface area contributed by atoms with Crippen LogP contribution in [0.3, 0.4) is 0 Å². The molecule has 0 aromatic heterocycles. The molecule has 1 aromatic rings. The van der Waals surface area contributed by atoms with Crippen LogP contribution in [0.4, 0.5) is 5.69 Å². The molecule has 5 N–H and O–H groups in total. The van der Waals surface area contributed by atoms with Crippen molar-refractivity contribution in [1.82, 2.24) is 0 Å². The normalized spacial score (nSPS) is 16.9. The first-order valence-electron chi connectivity index (χ1n) is 6.61. The van der Waals surface area contributed by atoms with E-state index in [1.165, 1.54) is 18.6 Å². The topological polar surface area (TPSA) is 115 Å². The predicted molar refractivity (Wildman–Crippen MR) is 76.8 cm³/mol. The van der Waals surface area contributed by atoms with Gasteiger partial charge in [-0.15, -0.1) is 0 Å². The van der Waals surface area contributed by atoms with Crippen molar-refractivity contribution in [1.29, 1.82) is 0 Å². The predicted octanol–water partition coefficient (Wildman–Crippen LogP) is 1.18. The summed E-state index contributed by atoms with van der Waals surface area (Å²) in [6, 6.07) is 4.45. The van der Waals surface area contributed by atoms with E-state index in [4.69, 9.17) is 10.9 Å². The van der Waals surface area contributed by atoms with Crippen molar-refractivity contribution >= 4 is 21.6 Å². The second kappa shape index (κ2) is 5.80. The number of benzene rings is 1. The summed E-state index contributed by atoms with van der Waals surface area (Å²) in [5, 5.41) is 8.33. The first kappa shape index (κ1) is 14.8. The number of carbonyl (C=O) groups is 1. The lowest BCUT2D eigenvalue weighted by molar-refractivity contribution is 0.100. The number of sulfonamides is 1.